The number of para-hydroxylation sites is 1. The average Bonchev–Trinajstić information content (AvgIpc) is 2.91. The van der Waals surface area contributed by atoms with Gasteiger partial charge in [-0.15, -0.1) is 0 Å². The lowest BCUT2D eigenvalue weighted by molar-refractivity contribution is -0.114. The number of fused-ring (bicyclic) bond motifs is 2. The van der Waals surface area contributed by atoms with Crippen molar-refractivity contribution in [1.29, 1.82) is 0 Å². The van der Waals surface area contributed by atoms with Crippen molar-refractivity contribution in [3.05, 3.63) is 74.0 Å². The van der Waals surface area contributed by atoms with Crippen molar-refractivity contribution in [2.45, 2.75) is 19.8 Å². The normalized spacial score (nSPS) is 16.6. The second-order valence-electron chi connectivity index (χ2n) is 6.58. The van der Waals surface area contributed by atoms with Crippen LogP contribution >= 0.6 is 31.9 Å². The Labute approximate surface area is 168 Å². The highest BCUT2D eigenvalue weighted by Gasteiger charge is 2.35. The molecule has 3 aromatic rings. The standard InChI is InChI=1S/C21H17Br2NO2/c1-11(25)19-12(2)26-21-15(8-13(22)9-17(21)23)20(19)16-10-24(3)18-7-5-4-6-14(16)18/h4-10,20H,1-3H3. The maximum atomic E-state index is 12.5. The summed E-state index contributed by atoms with van der Waals surface area (Å²) in [7, 11) is 2.03. The van der Waals surface area contributed by atoms with Crippen LogP contribution in [0.3, 0.4) is 0 Å². The smallest absolute Gasteiger partial charge is 0.160 e. The van der Waals surface area contributed by atoms with Gasteiger partial charge in [-0.3, -0.25) is 4.79 Å². The zero-order chi connectivity index (χ0) is 18.6. The highest BCUT2D eigenvalue weighted by atomic mass is 79.9. The summed E-state index contributed by atoms with van der Waals surface area (Å²) in [6.07, 6.45) is 2.12. The highest BCUT2D eigenvalue weighted by molar-refractivity contribution is 9.11. The van der Waals surface area contributed by atoms with Crippen LogP contribution in [-0.2, 0) is 11.8 Å². The third kappa shape index (κ3) is 2.65. The molecule has 4 rings (SSSR count). The van der Waals surface area contributed by atoms with Crippen LogP contribution in [0.25, 0.3) is 10.9 Å². The number of hydrogen-bond acceptors (Lipinski definition) is 2. The molecule has 0 saturated carbocycles. The molecule has 0 fully saturated rings. The number of Topliss-reactive ketones (excluding diaryl/α,β-unsaturated/α-hetero) is 1. The molecule has 1 aromatic heterocycles. The first-order chi connectivity index (χ1) is 12.4. The van der Waals surface area contributed by atoms with Crippen molar-refractivity contribution in [3.63, 3.8) is 0 Å². The van der Waals surface area contributed by atoms with E-state index >= 15 is 0 Å². The van der Waals surface area contributed by atoms with E-state index in [0.717, 1.165) is 36.7 Å². The van der Waals surface area contributed by atoms with Gasteiger partial charge in [0, 0.05) is 45.7 Å². The van der Waals surface area contributed by atoms with Crippen LogP contribution in [0.15, 0.2) is 62.9 Å². The summed E-state index contributed by atoms with van der Waals surface area (Å²) in [4.78, 5) is 12.5. The number of halogens is 2. The Morgan fingerprint density at radius 1 is 1.15 bits per heavy atom. The Bertz CT molecular complexity index is 1090. The van der Waals surface area contributed by atoms with E-state index < -0.39 is 0 Å². The maximum Gasteiger partial charge on any atom is 0.160 e. The average molecular weight is 475 g/mol. The number of carbonyl (C=O) groups is 1. The van der Waals surface area contributed by atoms with Gasteiger partial charge in [0.15, 0.2) is 5.78 Å². The number of nitrogens with zero attached hydrogens (tertiary/aromatic N) is 1. The monoisotopic (exact) mass is 473 g/mol. The molecule has 0 bridgehead atoms. The number of aromatic nitrogens is 1. The van der Waals surface area contributed by atoms with Crippen LogP contribution in [0, 0.1) is 0 Å². The number of carbonyl (C=O) groups excluding carboxylic acids is 1. The third-order valence-corrected chi connectivity index (χ3v) is 5.94. The minimum absolute atomic E-state index is 0.0298. The fourth-order valence-corrected chi connectivity index (χ4v) is 5.19. The molecule has 0 N–H and O–H groups in total. The van der Waals surface area contributed by atoms with E-state index in [1.807, 2.05) is 38.2 Å². The number of ketones is 1. The van der Waals surface area contributed by atoms with E-state index in [2.05, 4.69) is 54.8 Å². The molecule has 26 heavy (non-hydrogen) atoms. The Morgan fingerprint density at radius 2 is 1.88 bits per heavy atom. The molecule has 1 aliphatic heterocycles. The zero-order valence-electron chi connectivity index (χ0n) is 14.6. The molecule has 0 amide bonds. The van der Waals surface area contributed by atoms with Gasteiger partial charge in [0.1, 0.15) is 11.5 Å². The molecule has 3 nitrogen and oxygen atoms in total. The number of hydrogen-bond donors (Lipinski definition) is 0. The number of ether oxygens (including phenoxy) is 1. The molecule has 1 atom stereocenters. The molecular weight excluding hydrogens is 458 g/mol. The van der Waals surface area contributed by atoms with Crippen LogP contribution in [0.2, 0.25) is 0 Å². The van der Waals surface area contributed by atoms with E-state index in [1.165, 1.54) is 0 Å². The first-order valence-electron chi connectivity index (χ1n) is 8.31. The molecule has 5 heteroatoms. The van der Waals surface area contributed by atoms with Gasteiger partial charge in [-0.2, -0.15) is 0 Å². The first kappa shape index (κ1) is 17.6. The molecule has 0 radical (unpaired) electrons. The molecule has 1 aliphatic rings. The van der Waals surface area contributed by atoms with E-state index in [-0.39, 0.29) is 11.7 Å². The SMILES string of the molecule is CC(=O)C1=C(C)Oc2c(Br)cc(Br)cc2C1c1cn(C)c2ccccc12. The Hall–Kier alpha value is -1.85. The summed E-state index contributed by atoms with van der Waals surface area (Å²) in [6, 6.07) is 12.3. The van der Waals surface area contributed by atoms with Gasteiger partial charge >= 0.3 is 0 Å². The summed E-state index contributed by atoms with van der Waals surface area (Å²) >= 11 is 7.18. The van der Waals surface area contributed by atoms with Crippen LogP contribution in [-0.4, -0.2) is 10.4 Å². The number of benzene rings is 2. The first-order valence-corrected chi connectivity index (χ1v) is 9.89. The summed E-state index contributed by atoms with van der Waals surface area (Å²) in [5.74, 6) is 1.29. The van der Waals surface area contributed by atoms with Crippen LogP contribution in [0.5, 0.6) is 5.75 Å². The van der Waals surface area contributed by atoms with E-state index in [1.54, 1.807) is 6.92 Å². The van der Waals surface area contributed by atoms with Gasteiger partial charge in [-0.1, -0.05) is 34.1 Å². The number of rotatable bonds is 2. The lowest BCUT2D eigenvalue weighted by Crippen LogP contribution is -2.20. The van der Waals surface area contributed by atoms with Crippen molar-refractivity contribution >= 4 is 48.5 Å². The van der Waals surface area contributed by atoms with Gasteiger partial charge in [-0.05, 0) is 53.5 Å². The van der Waals surface area contributed by atoms with Crippen LogP contribution in [0.4, 0.5) is 0 Å². The minimum Gasteiger partial charge on any atom is -0.460 e. The van der Waals surface area contributed by atoms with Crippen molar-refractivity contribution in [3.8, 4) is 5.75 Å². The lowest BCUT2D eigenvalue weighted by Gasteiger charge is -2.29. The molecular formula is C21H17Br2NO2. The summed E-state index contributed by atoms with van der Waals surface area (Å²) in [6.45, 7) is 3.48. The number of allylic oxidation sites excluding steroid dienone is 2. The van der Waals surface area contributed by atoms with Gasteiger partial charge in [0.2, 0.25) is 0 Å². The molecule has 132 valence electrons. The molecule has 2 heterocycles. The van der Waals surface area contributed by atoms with E-state index in [4.69, 9.17) is 4.74 Å². The number of aryl methyl sites for hydroxylation is 1. The van der Waals surface area contributed by atoms with E-state index in [0.29, 0.717) is 11.3 Å². The zero-order valence-corrected chi connectivity index (χ0v) is 17.8. The fourth-order valence-electron chi connectivity index (χ4n) is 3.85. The van der Waals surface area contributed by atoms with Crippen LogP contribution in [0.1, 0.15) is 30.9 Å². The quantitative estimate of drug-likeness (QED) is 0.450. The Balaban J connectivity index is 2.08. The summed E-state index contributed by atoms with van der Waals surface area (Å²) in [5, 5.41) is 1.15. The molecule has 0 saturated heterocycles. The molecule has 2 aromatic carbocycles. The maximum absolute atomic E-state index is 12.5. The van der Waals surface area contributed by atoms with Crippen molar-refractivity contribution in [1.82, 2.24) is 4.57 Å². The summed E-state index contributed by atoms with van der Waals surface area (Å²) in [5.41, 5.74) is 3.95. The topological polar surface area (TPSA) is 31.2 Å². The third-order valence-electron chi connectivity index (χ3n) is 4.89. The second-order valence-corrected chi connectivity index (χ2v) is 8.35. The summed E-state index contributed by atoms with van der Waals surface area (Å²) < 4.78 is 9.97. The van der Waals surface area contributed by atoms with Gasteiger partial charge in [-0.25, -0.2) is 0 Å². The van der Waals surface area contributed by atoms with Gasteiger partial charge in [0.25, 0.3) is 0 Å². The fraction of sp³-hybridized carbons (Fsp3) is 0.190. The molecule has 1 unspecified atom stereocenters. The Kier molecular flexibility index (Phi) is 4.32. The second kappa shape index (κ2) is 6.39. The van der Waals surface area contributed by atoms with Crippen molar-refractivity contribution in [2.24, 2.45) is 7.05 Å². The predicted octanol–water partition coefficient (Wildman–Crippen LogP) is 6.09. The van der Waals surface area contributed by atoms with Crippen LogP contribution < -0.4 is 4.74 Å². The highest BCUT2D eigenvalue weighted by Crippen LogP contribution is 2.49. The van der Waals surface area contributed by atoms with Gasteiger partial charge < -0.3 is 9.30 Å². The van der Waals surface area contributed by atoms with Gasteiger partial charge in [0.05, 0.1) is 4.47 Å². The lowest BCUT2D eigenvalue weighted by atomic mass is 9.80. The largest absolute Gasteiger partial charge is 0.460 e. The minimum atomic E-state index is -0.170. The van der Waals surface area contributed by atoms with Crippen molar-refractivity contribution in [2.75, 3.05) is 0 Å². The predicted molar refractivity (Wildman–Crippen MR) is 111 cm³/mol. The molecule has 0 aliphatic carbocycles. The Morgan fingerprint density at radius 3 is 2.62 bits per heavy atom. The molecule has 0 spiro atoms. The van der Waals surface area contributed by atoms with E-state index in [9.17, 15) is 4.79 Å². The van der Waals surface area contributed by atoms with Crippen molar-refractivity contribution < 1.29 is 9.53 Å².